The van der Waals surface area contributed by atoms with Crippen molar-refractivity contribution in [2.75, 3.05) is 7.11 Å². The van der Waals surface area contributed by atoms with Crippen LogP contribution >= 0.6 is 0 Å². The Morgan fingerprint density at radius 2 is 2.06 bits per heavy atom. The van der Waals surface area contributed by atoms with E-state index in [4.69, 9.17) is 4.74 Å². The van der Waals surface area contributed by atoms with Crippen LogP contribution in [0.5, 0.6) is 0 Å². The molecule has 0 radical (unpaired) electrons. The summed E-state index contributed by atoms with van der Waals surface area (Å²) in [4.78, 5) is 21.6. The highest BCUT2D eigenvalue weighted by Gasteiger charge is 2.09. The highest BCUT2D eigenvalue weighted by Crippen LogP contribution is 2.13. The Kier molecular flexibility index (Phi) is 5.26. The smallest absolute Gasteiger partial charge is 0.338 e. The van der Waals surface area contributed by atoms with Crippen LogP contribution in [-0.2, 0) is 16.0 Å². The molecule has 3 heteroatoms. The molecule has 0 bridgehead atoms. The Labute approximate surface area is 95.4 Å². The lowest BCUT2D eigenvalue weighted by Crippen LogP contribution is -2.05. The SMILES string of the molecule is COC(=O)c1ccccc1CCCCC=O. The Balaban J connectivity index is 2.64. The number of benzene rings is 1. The van der Waals surface area contributed by atoms with Gasteiger partial charge in [0.2, 0.25) is 0 Å². The summed E-state index contributed by atoms with van der Waals surface area (Å²) in [5, 5.41) is 0. The normalized spacial score (nSPS) is 9.81. The zero-order chi connectivity index (χ0) is 11.8. The fraction of sp³-hybridized carbons (Fsp3) is 0.385. The number of carbonyl (C=O) groups is 2. The second-order valence-corrected chi connectivity index (χ2v) is 3.56. The summed E-state index contributed by atoms with van der Waals surface area (Å²) in [6.07, 6.45) is 4.08. The molecule has 1 aromatic rings. The van der Waals surface area contributed by atoms with E-state index in [1.165, 1.54) is 7.11 Å². The van der Waals surface area contributed by atoms with Gasteiger partial charge in [-0.1, -0.05) is 18.2 Å². The average Bonchev–Trinajstić information content (AvgIpc) is 2.34. The van der Waals surface area contributed by atoms with E-state index in [1.54, 1.807) is 6.07 Å². The molecular formula is C13H16O3. The highest BCUT2D eigenvalue weighted by atomic mass is 16.5. The van der Waals surface area contributed by atoms with Gasteiger partial charge in [0, 0.05) is 6.42 Å². The summed E-state index contributed by atoms with van der Waals surface area (Å²) < 4.78 is 4.71. The fourth-order valence-corrected chi connectivity index (χ4v) is 1.59. The molecule has 3 nitrogen and oxygen atoms in total. The molecule has 0 saturated carbocycles. The van der Waals surface area contributed by atoms with Crippen molar-refractivity contribution in [2.24, 2.45) is 0 Å². The number of hydrogen-bond acceptors (Lipinski definition) is 3. The number of ether oxygens (including phenoxy) is 1. The maximum Gasteiger partial charge on any atom is 0.338 e. The van der Waals surface area contributed by atoms with Crippen LogP contribution in [-0.4, -0.2) is 19.4 Å². The van der Waals surface area contributed by atoms with Crippen LogP contribution in [0, 0.1) is 0 Å². The molecule has 16 heavy (non-hydrogen) atoms. The molecule has 1 aromatic carbocycles. The van der Waals surface area contributed by atoms with Gasteiger partial charge in [-0.05, 0) is 30.9 Å². The molecule has 0 heterocycles. The van der Waals surface area contributed by atoms with E-state index < -0.39 is 0 Å². The van der Waals surface area contributed by atoms with Gasteiger partial charge in [-0.3, -0.25) is 0 Å². The third-order valence-corrected chi connectivity index (χ3v) is 2.44. The number of unbranched alkanes of at least 4 members (excludes halogenated alkanes) is 2. The first-order chi connectivity index (χ1) is 7.79. The molecular weight excluding hydrogens is 204 g/mol. The number of rotatable bonds is 6. The summed E-state index contributed by atoms with van der Waals surface area (Å²) in [6.45, 7) is 0. The molecule has 0 saturated heterocycles. The fourth-order valence-electron chi connectivity index (χ4n) is 1.59. The van der Waals surface area contributed by atoms with Gasteiger partial charge in [-0.25, -0.2) is 4.79 Å². The van der Waals surface area contributed by atoms with Gasteiger partial charge >= 0.3 is 5.97 Å². The number of carbonyl (C=O) groups excluding carboxylic acids is 2. The van der Waals surface area contributed by atoms with Gasteiger partial charge in [0.05, 0.1) is 12.7 Å². The van der Waals surface area contributed by atoms with Crippen molar-refractivity contribution in [3.05, 3.63) is 35.4 Å². The van der Waals surface area contributed by atoms with Crippen LogP contribution in [0.2, 0.25) is 0 Å². The van der Waals surface area contributed by atoms with Crippen molar-refractivity contribution in [1.82, 2.24) is 0 Å². The number of esters is 1. The molecule has 0 spiro atoms. The van der Waals surface area contributed by atoms with Crippen molar-refractivity contribution in [3.63, 3.8) is 0 Å². The summed E-state index contributed by atoms with van der Waals surface area (Å²) in [5.41, 5.74) is 1.61. The maximum atomic E-state index is 11.4. The average molecular weight is 220 g/mol. The minimum Gasteiger partial charge on any atom is -0.465 e. The first-order valence-corrected chi connectivity index (χ1v) is 5.39. The second kappa shape index (κ2) is 6.77. The molecule has 0 aliphatic rings. The predicted molar refractivity (Wildman–Crippen MR) is 61.4 cm³/mol. The van der Waals surface area contributed by atoms with E-state index in [-0.39, 0.29) is 5.97 Å². The van der Waals surface area contributed by atoms with Crippen molar-refractivity contribution in [3.8, 4) is 0 Å². The van der Waals surface area contributed by atoms with E-state index in [1.807, 2.05) is 18.2 Å². The first kappa shape index (κ1) is 12.4. The molecule has 0 N–H and O–H groups in total. The third kappa shape index (κ3) is 3.50. The first-order valence-electron chi connectivity index (χ1n) is 5.39. The van der Waals surface area contributed by atoms with Gasteiger partial charge in [0.1, 0.15) is 6.29 Å². The lowest BCUT2D eigenvalue weighted by molar-refractivity contribution is -0.107. The Morgan fingerprint density at radius 1 is 1.31 bits per heavy atom. The van der Waals surface area contributed by atoms with E-state index in [0.29, 0.717) is 12.0 Å². The van der Waals surface area contributed by atoms with Crippen LogP contribution in [0.25, 0.3) is 0 Å². The standard InChI is InChI=1S/C13H16O3/c1-16-13(15)12-9-5-4-8-11(12)7-3-2-6-10-14/h4-5,8-10H,2-3,6-7H2,1H3. The minimum atomic E-state index is -0.300. The summed E-state index contributed by atoms with van der Waals surface area (Å²) in [5.74, 6) is -0.300. The molecule has 1 rings (SSSR count). The van der Waals surface area contributed by atoms with E-state index in [2.05, 4.69) is 0 Å². The van der Waals surface area contributed by atoms with Gasteiger partial charge in [-0.15, -0.1) is 0 Å². The van der Waals surface area contributed by atoms with E-state index >= 15 is 0 Å². The summed E-state index contributed by atoms with van der Waals surface area (Å²) >= 11 is 0. The topological polar surface area (TPSA) is 43.4 Å². The molecule has 0 amide bonds. The van der Waals surface area contributed by atoms with Gasteiger partial charge in [-0.2, -0.15) is 0 Å². The van der Waals surface area contributed by atoms with Crippen molar-refractivity contribution < 1.29 is 14.3 Å². The molecule has 0 aromatic heterocycles. The number of hydrogen-bond donors (Lipinski definition) is 0. The quantitative estimate of drug-likeness (QED) is 0.420. The molecule has 0 fully saturated rings. The third-order valence-electron chi connectivity index (χ3n) is 2.44. The monoisotopic (exact) mass is 220 g/mol. The molecule has 0 atom stereocenters. The van der Waals surface area contributed by atoms with Crippen molar-refractivity contribution >= 4 is 12.3 Å². The lowest BCUT2D eigenvalue weighted by atomic mass is 10.0. The van der Waals surface area contributed by atoms with E-state index in [9.17, 15) is 9.59 Å². The Hall–Kier alpha value is -1.64. The van der Waals surface area contributed by atoms with Crippen LogP contribution in [0.3, 0.4) is 0 Å². The predicted octanol–water partition coefficient (Wildman–Crippen LogP) is 2.38. The van der Waals surface area contributed by atoms with Gasteiger partial charge in [0.15, 0.2) is 0 Å². The van der Waals surface area contributed by atoms with Crippen LogP contribution in [0.15, 0.2) is 24.3 Å². The summed E-state index contributed by atoms with van der Waals surface area (Å²) in [7, 11) is 1.38. The van der Waals surface area contributed by atoms with Crippen LogP contribution in [0.4, 0.5) is 0 Å². The lowest BCUT2D eigenvalue weighted by Gasteiger charge is -2.06. The highest BCUT2D eigenvalue weighted by molar-refractivity contribution is 5.90. The van der Waals surface area contributed by atoms with Crippen molar-refractivity contribution in [1.29, 1.82) is 0 Å². The molecule has 86 valence electrons. The van der Waals surface area contributed by atoms with Gasteiger partial charge in [0.25, 0.3) is 0 Å². The zero-order valence-electron chi connectivity index (χ0n) is 9.44. The van der Waals surface area contributed by atoms with Gasteiger partial charge < -0.3 is 9.53 Å². The van der Waals surface area contributed by atoms with Crippen LogP contribution < -0.4 is 0 Å². The number of aryl methyl sites for hydroxylation is 1. The molecule has 0 unspecified atom stereocenters. The maximum absolute atomic E-state index is 11.4. The molecule has 0 aliphatic carbocycles. The number of methoxy groups -OCH3 is 1. The Bertz CT molecular complexity index is 358. The Morgan fingerprint density at radius 3 is 2.75 bits per heavy atom. The minimum absolute atomic E-state index is 0.300. The number of aldehydes is 1. The second-order valence-electron chi connectivity index (χ2n) is 3.56. The van der Waals surface area contributed by atoms with Crippen LogP contribution in [0.1, 0.15) is 35.2 Å². The molecule has 0 aliphatic heterocycles. The van der Waals surface area contributed by atoms with Crippen molar-refractivity contribution in [2.45, 2.75) is 25.7 Å². The zero-order valence-corrected chi connectivity index (χ0v) is 9.44. The van der Waals surface area contributed by atoms with E-state index in [0.717, 1.165) is 31.1 Å². The summed E-state index contributed by atoms with van der Waals surface area (Å²) in [6, 6.07) is 7.41. The largest absolute Gasteiger partial charge is 0.465 e.